The lowest BCUT2D eigenvalue weighted by molar-refractivity contribution is -0.120. The van der Waals surface area contributed by atoms with E-state index in [9.17, 15) is 4.79 Å². The van der Waals surface area contributed by atoms with Gasteiger partial charge >= 0.3 is 0 Å². The normalized spacial score (nSPS) is 16.5. The number of fused-ring (bicyclic) bond motifs is 1. The SMILES string of the molecule is COc1ccccc1NC(=O)[C@@H]1CCCN(c2nc3ccccc3nc2OC)C1. The number of para-hydroxylation sites is 4. The highest BCUT2D eigenvalue weighted by atomic mass is 16.5. The van der Waals surface area contributed by atoms with Crippen LogP contribution in [0.5, 0.6) is 11.6 Å². The van der Waals surface area contributed by atoms with Gasteiger partial charge in [-0.2, -0.15) is 0 Å². The van der Waals surface area contributed by atoms with E-state index in [4.69, 9.17) is 14.5 Å². The molecule has 0 radical (unpaired) electrons. The summed E-state index contributed by atoms with van der Waals surface area (Å²) in [5, 5.41) is 3.00. The maximum absolute atomic E-state index is 12.9. The molecule has 7 nitrogen and oxygen atoms in total. The molecular weight excluding hydrogens is 368 g/mol. The highest BCUT2D eigenvalue weighted by Crippen LogP contribution is 2.31. The molecule has 0 saturated carbocycles. The first-order valence-electron chi connectivity index (χ1n) is 9.69. The lowest BCUT2D eigenvalue weighted by atomic mass is 9.97. The summed E-state index contributed by atoms with van der Waals surface area (Å²) in [6.07, 6.45) is 1.71. The zero-order valence-corrected chi connectivity index (χ0v) is 16.6. The number of carbonyl (C=O) groups is 1. The molecule has 1 aliphatic rings. The minimum atomic E-state index is -0.161. The van der Waals surface area contributed by atoms with Gasteiger partial charge in [-0.25, -0.2) is 9.97 Å². The molecule has 0 bridgehead atoms. The maximum Gasteiger partial charge on any atom is 0.257 e. The number of methoxy groups -OCH3 is 2. The first-order chi connectivity index (χ1) is 14.2. The van der Waals surface area contributed by atoms with E-state index in [1.54, 1.807) is 14.2 Å². The van der Waals surface area contributed by atoms with Gasteiger partial charge in [0.15, 0.2) is 5.82 Å². The summed E-state index contributed by atoms with van der Waals surface area (Å²) in [5.41, 5.74) is 2.28. The second kappa shape index (κ2) is 8.34. The van der Waals surface area contributed by atoms with Crippen molar-refractivity contribution in [2.45, 2.75) is 12.8 Å². The fraction of sp³-hybridized carbons (Fsp3) is 0.318. The Bertz CT molecular complexity index is 1020. The number of nitrogens with one attached hydrogen (secondary N) is 1. The third kappa shape index (κ3) is 3.94. The van der Waals surface area contributed by atoms with Crippen molar-refractivity contribution in [3.8, 4) is 11.6 Å². The van der Waals surface area contributed by atoms with Crippen molar-refractivity contribution in [2.24, 2.45) is 5.92 Å². The van der Waals surface area contributed by atoms with Gasteiger partial charge in [-0.15, -0.1) is 0 Å². The zero-order valence-electron chi connectivity index (χ0n) is 16.6. The van der Waals surface area contributed by atoms with Gasteiger partial charge < -0.3 is 19.7 Å². The van der Waals surface area contributed by atoms with E-state index in [2.05, 4.69) is 15.2 Å². The van der Waals surface area contributed by atoms with Gasteiger partial charge in [-0.3, -0.25) is 4.79 Å². The van der Waals surface area contributed by atoms with Crippen LogP contribution in [0.2, 0.25) is 0 Å². The Kier molecular flexibility index (Phi) is 5.46. The second-order valence-corrected chi connectivity index (χ2v) is 7.02. The van der Waals surface area contributed by atoms with Gasteiger partial charge in [0.1, 0.15) is 5.75 Å². The number of benzene rings is 2. The van der Waals surface area contributed by atoms with Crippen LogP contribution in [-0.4, -0.2) is 43.2 Å². The summed E-state index contributed by atoms with van der Waals surface area (Å²) in [6.45, 7) is 1.37. The van der Waals surface area contributed by atoms with E-state index >= 15 is 0 Å². The third-order valence-corrected chi connectivity index (χ3v) is 5.17. The molecule has 1 aliphatic heterocycles. The molecular formula is C22H24N4O3. The van der Waals surface area contributed by atoms with Gasteiger partial charge in [0.2, 0.25) is 5.91 Å². The second-order valence-electron chi connectivity index (χ2n) is 7.02. The molecule has 1 aromatic heterocycles. The predicted molar refractivity (Wildman–Crippen MR) is 113 cm³/mol. The molecule has 1 atom stereocenters. The molecule has 2 aromatic carbocycles. The Morgan fingerprint density at radius 2 is 1.76 bits per heavy atom. The minimum Gasteiger partial charge on any atom is -0.495 e. The number of ether oxygens (including phenoxy) is 2. The van der Waals surface area contributed by atoms with Crippen LogP contribution >= 0.6 is 0 Å². The van der Waals surface area contributed by atoms with Gasteiger partial charge in [0.25, 0.3) is 5.88 Å². The van der Waals surface area contributed by atoms with E-state index in [-0.39, 0.29) is 11.8 Å². The number of amides is 1. The van der Waals surface area contributed by atoms with Crippen LogP contribution in [0.4, 0.5) is 11.5 Å². The maximum atomic E-state index is 12.9. The Hall–Kier alpha value is -3.35. The van der Waals surface area contributed by atoms with E-state index in [0.717, 1.165) is 30.4 Å². The molecule has 0 spiro atoms. The summed E-state index contributed by atoms with van der Waals surface area (Å²) in [6, 6.07) is 15.1. The highest BCUT2D eigenvalue weighted by molar-refractivity contribution is 5.94. The van der Waals surface area contributed by atoms with Crippen molar-refractivity contribution in [1.29, 1.82) is 0 Å². The average molecular weight is 392 g/mol. The summed E-state index contributed by atoms with van der Waals surface area (Å²) in [7, 11) is 3.19. The lowest BCUT2D eigenvalue weighted by Crippen LogP contribution is -2.41. The smallest absolute Gasteiger partial charge is 0.257 e. The quantitative estimate of drug-likeness (QED) is 0.716. The molecule has 1 amide bonds. The number of rotatable bonds is 5. The molecule has 0 unspecified atom stereocenters. The number of aromatic nitrogens is 2. The van der Waals surface area contributed by atoms with Crippen molar-refractivity contribution in [2.75, 3.05) is 37.5 Å². The summed E-state index contributed by atoms with van der Waals surface area (Å²) >= 11 is 0. The Morgan fingerprint density at radius 1 is 1.03 bits per heavy atom. The fourth-order valence-corrected chi connectivity index (χ4v) is 3.68. The van der Waals surface area contributed by atoms with Crippen molar-refractivity contribution in [3.63, 3.8) is 0 Å². The van der Waals surface area contributed by atoms with Crippen molar-refractivity contribution in [1.82, 2.24) is 9.97 Å². The molecule has 3 aromatic rings. The number of hydrogen-bond donors (Lipinski definition) is 1. The van der Waals surface area contributed by atoms with Gasteiger partial charge in [-0.05, 0) is 37.1 Å². The Balaban J connectivity index is 1.55. The van der Waals surface area contributed by atoms with Crippen molar-refractivity contribution in [3.05, 3.63) is 48.5 Å². The van der Waals surface area contributed by atoms with E-state index < -0.39 is 0 Å². The predicted octanol–water partition coefficient (Wildman–Crippen LogP) is 3.50. The van der Waals surface area contributed by atoms with Crippen LogP contribution in [0.3, 0.4) is 0 Å². The molecule has 1 fully saturated rings. The van der Waals surface area contributed by atoms with E-state index in [0.29, 0.717) is 29.7 Å². The standard InChI is InChI=1S/C22H24N4O3/c1-28-19-12-6-5-11-18(19)24-21(27)15-8-7-13-26(14-15)20-22(29-2)25-17-10-4-3-9-16(17)23-20/h3-6,9-12,15H,7-8,13-14H2,1-2H3,(H,24,27)/t15-/m1/s1. The van der Waals surface area contributed by atoms with Gasteiger partial charge in [-0.1, -0.05) is 24.3 Å². The topological polar surface area (TPSA) is 76.6 Å². The van der Waals surface area contributed by atoms with Gasteiger partial charge in [0.05, 0.1) is 36.9 Å². The van der Waals surface area contributed by atoms with Crippen molar-refractivity contribution >= 4 is 28.4 Å². The largest absolute Gasteiger partial charge is 0.495 e. The first-order valence-corrected chi connectivity index (χ1v) is 9.69. The van der Waals surface area contributed by atoms with Crippen LogP contribution in [0.25, 0.3) is 11.0 Å². The Labute approximate surface area is 169 Å². The van der Waals surface area contributed by atoms with Gasteiger partial charge in [0, 0.05) is 13.1 Å². The molecule has 4 rings (SSSR count). The van der Waals surface area contributed by atoms with E-state index in [1.165, 1.54) is 0 Å². The fourth-order valence-electron chi connectivity index (χ4n) is 3.68. The number of anilines is 2. The molecule has 2 heterocycles. The van der Waals surface area contributed by atoms with Crippen LogP contribution < -0.4 is 19.7 Å². The van der Waals surface area contributed by atoms with Crippen LogP contribution in [0.15, 0.2) is 48.5 Å². The van der Waals surface area contributed by atoms with Crippen LogP contribution in [-0.2, 0) is 4.79 Å². The summed E-state index contributed by atoms with van der Waals surface area (Å²) in [4.78, 5) is 24.4. The lowest BCUT2D eigenvalue weighted by Gasteiger charge is -2.33. The monoisotopic (exact) mass is 392 g/mol. The number of nitrogens with zero attached hydrogens (tertiary/aromatic N) is 3. The zero-order chi connectivity index (χ0) is 20.2. The van der Waals surface area contributed by atoms with Crippen LogP contribution in [0.1, 0.15) is 12.8 Å². The van der Waals surface area contributed by atoms with Crippen molar-refractivity contribution < 1.29 is 14.3 Å². The summed E-state index contributed by atoms with van der Waals surface area (Å²) in [5.74, 6) is 1.63. The minimum absolute atomic E-state index is 0.0214. The molecule has 150 valence electrons. The molecule has 0 aliphatic carbocycles. The van der Waals surface area contributed by atoms with Crippen LogP contribution in [0, 0.1) is 5.92 Å². The third-order valence-electron chi connectivity index (χ3n) is 5.17. The first kappa shape index (κ1) is 19.0. The summed E-state index contributed by atoms with van der Waals surface area (Å²) < 4.78 is 10.8. The number of piperidine rings is 1. The highest BCUT2D eigenvalue weighted by Gasteiger charge is 2.29. The Morgan fingerprint density at radius 3 is 2.52 bits per heavy atom. The number of carbonyl (C=O) groups excluding carboxylic acids is 1. The van der Waals surface area contributed by atoms with E-state index in [1.807, 2.05) is 48.5 Å². The molecule has 1 saturated heterocycles. The molecule has 1 N–H and O–H groups in total. The molecule has 29 heavy (non-hydrogen) atoms. The number of hydrogen-bond acceptors (Lipinski definition) is 6. The molecule has 7 heteroatoms. The average Bonchev–Trinajstić information content (AvgIpc) is 2.78.